The number of hydrogen-bond donors (Lipinski definition) is 2. The molecule has 7 heteroatoms. The van der Waals surface area contributed by atoms with Crippen molar-refractivity contribution in [3.63, 3.8) is 0 Å². The first-order valence-corrected chi connectivity index (χ1v) is 7.26. The van der Waals surface area contributed by atoms with Crippen molar-refractivity contribution in [1.29, 1.82) is 0 Å². The lowest BCUT2D eigenvalue weighted by Gasteiger charge is -2.09. The van der Waals surface area contributed by atoms with Crippen LogP contribution in [0.25, 0.3) is 0 Å². The van der Waals surface area contributed by atoms with Crippen LogP contribution >= 0.6 is 31.9 Å². The average Bonchev–Trinajstić information content (AvgIpc) is 2.43. The SMILES string of the molecule is O=C(O)c1ccc(Br)c(NC(=O)c2ccc(F)c(Br)c2)c1. The van der Waals surface area contributed by atoms with Gasteiger partial charge >= 0.3 is 5.97 Å². The lowest BCUT2D eigenvalue weighted by Crippen LogP contribution is -2.13. The number of benzene rings is 2. The average molecular weight is 417 g/mol. The Labute approximate surface area is 136 Å². The molecule has 4 nitrogen and oxygen atoms in total. The second-order valence-corrected chi connectivity index (χ2v) is 5.79. The number of amides is 1. The van der Waals surface area contributed by atoms with Crippen molar-refractivity contribution >= 4 is 49.4 Å². The van der Waals surface area contributed by atoms with Crippen LogP contribution in [0.1, 0.15) is 20.7 Å². The zero-order valence-electron chi connectivity index (χ0n) is 10.4. The predicted molar refractivity (Wildman–Crippen MR) is 83.2 cm³/mol. The summed E-state index contributed by atoms with van der Waals surface area (Å²) in [6.07, 6.45) is 0. The minimum Gasteiger partial charge on any atom is -0.478 e. The molecule has 21 heavy (non-hydrogen) atoms. The van der Waals surface area contributed by atoms with Crippen LogP contribution in [0.3, 0.4) is 0 Å². The summed E-state index contributed by atoms with van der Waals surface area (Å²) in [5.41, 5.74) is 0.616. The van der Waals surface area contributed by atoms with E-state index in [1.54, 1.807) is 0 Å². The van der Waals surface area contributed by atoms with E-state index < -0.39 is 17.7 Å². The lowest BCUT2D eigenvalue weighted by atomic mass is 10.1. The molecule has 2 rings (SSSR count). The number of anilines is 1. The van der Waals surface area contributed by atoms with Gasteiger partial charge in [0.2, 0.25) is 0 Å². The van der Waals surface area contributed by atoms with Crippen molar-refractivity contribution in [3.05, 3.63) is 62.3 Å². The summed E-state index contributed by atoms with van der Waals surface area (Å²) >= 11 is 6.23. The standard InChI is InChI=1S/C14H8Br2FNO3/c15-9-3-1-8(14(20)21)6-12(9)18-13(19)7-2-4-11(17)10(16)5-7/h1-6H,(H,18,19)(H,20,21). The van der Waals surface area contributed by atoms with Gasteiger partial charge < -0.3 is 10.4 Å². The van der Waals surface area contributed by atoms with Gasteiger partial charge in [0, 0.05) is 10.0 Å². The Hall–Kier alpha value is -1.73. The maximum absolute atomic E-state index is 13.1. The van der Waals surface area contributed by atoms with Gasteiger partial charge in [-0.3, -0.25) is 4.79 Å². The molecule has 0 fully saturated rings. The van der Waals surface area contributed by atoms with Gasteiger partial charge in [-0.15, -0.1) is 0 Å². The first kappa shape index (κ1) is 15.7. The van der Waals surface area contributed by atoms with E-state index in [1.807, 2.05) is 0 Å². The maximum atomic E-state index is 13.1. The number of halogens is 3. The third-order valence-electron chi connectivity index (χ3n) is 2.64. The lowest BCUT2D eigenvalue weighted by molar-refractivity contribution is 0.0696. The van der Waals surface area contributed by atoms with E-state index >= 15 is 0 Å². The van der Waals surface area contributed by atoms with E-state index in [0.717, 1.165) is 0 Å². The maximum Gasteiger partial charge on any atom is 0.335 e. The molecular formula is C14H8Br2FNO3. The number of carbonyl (C=O) groups is 2. The van der Waals surface area contributed by atoms with Crippen molar-refractivity contribution in [2.45, 2.75) is 0 Å². The predicted octanol–water partition coefficient (Wildman–Crippen LogP) is 4.30. The highest BCUT2D eigenvalue weighted by molar-refractivity contribution is 9.10. The van der Waals surface area contributed by atoms with Gasteiger partial charge in [-0.2, -0.15) is 0 Å². The molecule has 0 aliphatic rings. The third-order valence-corrected chi connectivity index (χ3v) is 3.94. The van der Waals surface area contributed by atoms with E-state index in [-0.39, 0.29) is 15.6 Å². The highest BCUT2D eigenvalue weighted by Crippen LogP contribution is 2.25. The van der Waals surface area contributed by atoms with Gasteiger partial charge in [-0.05, 0) is 68.3 Å². The third kappa shape index (κ3) is 3.68. The quantitative estimate of drug-likeness (QED) is 0.783. The summed E-state index contributed by atoms with van der Waals surface area (Å²) in [6, 6.07) is 8.13. The Morgan fingerprint density at radius 2 is 1.67 bits per heavy atom. The molecule has 2 aromatic rings. The van der Waals surface area contributed by atoms with Crippen molar-refractivity contribution in [2.75, 3.05) is 5.32 Å². The molecule has 2 aromatic carbocycles. The van der Waals surface area contributed by atoms with Crippen molar-refractivity contribution in [1.82, 2.24) is 0 Å². The summed E-state index contributed by atoms with van der Waals surface area (Å²) in [7, 11) is 0. The van der Waals surface area contributed by atoms with Crippen LogP contribution in [-0.4, -0.2) is 17.0 Å². The van der Waals surface area contributed by atoms with Crippen LogP contribution in [-0.2, 0) is 0 Å². The minimum atomic E-state index is -1.09. The molecule has 0 aliphatic heterocycles. The van der Waals surface area contributed by atoms with Gasteiger partial charge in [0.1, 0.15) is 5.82 Å². The topological polar surface area (TPSA) is 66.4 Å². The van der Waals surface area contributed by atoms with Crippen LogP contribution < -0.4 is 5.32 Å². The summed E-state index contributed by atoms with van der Waals surface area (Å²) in [5, 5.41) is 11.5. The second-order valence-electron chi connectivity index (χ2n) is 4.08. The highest BCUT2D eigenvalue weighted by Gasteiger charge is 2.12. The fraction of sp³-hybridized carbons (Fsp3) is 0. The van der Waals surface area contributed by atoms with Crippen LogP contribution in [0.5, 0.6) is 0 Å². The van der Waals surface area contributed by atoms with E-state index in [9.17, 15) is 14.0 Å². The van der Waals surface area contributed by atoms with Crippen LogP contribution in [0.15, 0.2) is 45.3 Å². The number of rotatable bonds is 3. The number of carboxylic acid groups (broad SMARTS) is 1. The molecule has 0 bridgehead atoms. The van der Waals surface area contributed by atoms with Gasteiger partial charge in [-0.1, -0.05) is 0 Å². The molecule has 0 radical (unpaired) electrons. The van der Waals surface area contributed by atoms with Gasteiger partial charge in [0.05, 0.1) is 15.7 Å². The molecule has 0 unspecified atom stereocenters. The highest BCUT2D eigenvalue weighted by atomic mass is 79.9. The molecule has 0 heterocycles. The van der Waals surface area contributed by atoms with Gasteiger partial charge in [0.15, 0.2) is 0 Å². The monoisotopic (exact) mass is 415 g/mol. The Balaban J connectivity index is 2.28. The molecule has 0 spiro atoms. The summed E-state index contributed by atoms with van der Waals surface area (Å²) in [4.78, 5) is 23.0. The minimum absolute atomic E-state index is 0.0498. The second kappa shape index (κ2) is 6.36. The van der Waals surface area contributed by atoms with Gasteiger partial charge in [-0.25, -0.2) is 9.18 Å². The normalized spacial score (nSPS) is 10.2. The number of aromatic carboxylic acids is 1. The zero-order chi connectivity index (χ0) is 15.6. The van der Waals surface area contributed by atoms with Crippen molar-refractivity contribution in [3.8, 4) is 0 Å². The molecule has 108 valence electrons. The summed E-state index contributed by atoms with van der Waals surface area (Å²) in [6.45, 7) is 0. The number of hydrogen-bond acceptors (Lipinski definition) is 2. The van der Waals surface area contributed by atoms with Crippen LogP contribution in [0, 0.1) is 5.82 Å². The fourth-order valence-corrected chi connectivity index (χ4v) is 2.31. The molecule has 0 atom stereocenters. The Morgan fingerprint density at radius 3 is 2.29 bits per heavy atom. The van der Waals surface area contributed by atoms with Crippen LogP contribution in [0.4, 0.5) is 10.1 Å². The fourth-order valence-electron chi connectivity index (χ4n) is 1.59. The number of carboxylic acids is 1. The van der Waals surface area contributed by atoms with E-state index in [4.69, 9.17) is 5.11 Å². The first-order chi connectivity index (χ1) is 9.88. The molecule has 2 N–H and O–H groups in total. The van der Waals surface area contributed by atoms with Crippen molar-refractivity contribution < 1.29 is 19.1 Å². The molecule has 0 saturated carbocycles. The van der Waals surface area contributed by atoms with E-state index in [2.05, 4.69) is 37.2 Å². The molecule has 0 aromatic heterocycles. The summed E-state index contributed by atoms with van der Waals surface area (Å²) < 4.78 is 13.9. The van der Waals surface area contributed by atoms with E-state index in [1.165, 1.54) is 36.4 Å². The smallest absolute Gasteiger partial charge is 0.335 e. The number of carbonyl (C=O) groups excluding carboxylic acids is 1. The largest absolute Gasteiger partial charge is 0.478 e. The molecule has 0 aliphatic carbocycles. The summed E-state index contributed by atoms with van der Waals surface area (Å²) in [5.74, 6) is -2.04. The Bertz CT molecular complexity index is 734. The first-order valence-electron chi connectivity index (χ1n) is 5.67. The Morgan fingerprint density at radius 1 is 1.00 bits per heavy atom. The van der Waals surface area contributed by atoms with Crippen molar-refractivity contribution in [2.24, 2.45) is 0 Å². The zero-order valence-corrected chi connectivity index (χ0v) is 13.5. The molecule has 1 amide bonds. The van der Waals surface area contributed by atoms with E-state index in [0.29, 0.717) is 10.2 Å². The molecular weight excluding hydrogens is 409 g/mol. The van der Waals surface area contributed by atoms with Crippen LogP contribution in [0.2, 0.25) is 0 Å². The molecule has 0 saturated heterocycles. The Kier molecular flexibility index (Phi) is 4.74. The number of nitrogens with one attached hydrogen (secondary N) is 1. The van der Waals surface area contributed by atoms with Gasteiger partial charge in [0.25, 0.3) is 5.91 Å².